The average molecular weight is 246 g/mol. The summed E-state index contributed by atoms with van der Waals surface area (Å²) < 4.78 is 0. The highest BCUT2D eigenvalue weighted by atomic mass is 79.9. The molecule has 1 saturated carbocycles. The van der Waals surface area contributed by atoms with E-state index in [1.807, 2.05) is 0 Å². The van der Waals surface area contributed by atoms with Gasteiger partial charge in [0, 0.05) is 17.4 Å². The molecule has 2 fully saturated rings. The minimum Gasteiger partial charge on any atom is -0.299 e. The first-order valence-electron chi connectivity index (χ1n) is 5.74. The zero-order valence-corrected chi connectivity index (χ0v) is 9.93. The van der Waals surface area contributed by atoms with E-state index in [4.69, 9.17) is 0 Å². The van der Waals surface area contributed by atoms with Gasteiger partial charge in [-0.3, -0.25) is 4.90 Å². The molecule has 0 aromatic carbocycles. The van der Waals surface area contributed by atoms with Crippen molar-refractivity contribution in [2.75, 3.05) is 13.1 Å². The fourth-order valence-electron chi connectivity index (χ4n) is 2.73. The van der Waals surface area contributed by atoms with Crippen molar-refractivity contribution in [3.8, 4) is 0 Å². The Morgan fingerprint density at radius 3 is 2.38 bits per heavy atom. The maximum atomic E-state index is 3.75. The van der Waals surface area contributed by atoms with E-state index < -0.39 is 0 Å². The van der Waals surface area contributed by atoms with Gasteiger partial charge < -0.3 is 0 Å². The van der Waals surface area contributed by atoms with Crippen LogP contribution in [0.3, 0.4) is 0 Å². The highest BCUT2D eigenvalue weighted by Gasteiger charge is 2.25. The molecule has 0 amide bonds. The van der Waals surface area contributed by atoms with Crippen LogP contribution in [0.25, 0.3) is 0 Å². The van der Waals surface area contributed by atoms with Crippen LogP contribution in [0.2, 0.25) is 0 Å². The minimum absolute atomic E-state index is 0.767. The Morgan fingerprint density at radius 1 is 0.923 bits per heavy atom. The Morgan fingerprint density at radius 2 is 1.69 bits per heavy atom. The van der Waals surface area contributed by atoms with Crippen LogP contribution in [0.1, 0.15) is 44.9 Å². The second-order valence-corrected chi connectivity index (χ2v) is 5.82. The average Bonchev–Trinajstić information content (AvgIpc) is 2.19. The van der Waals surface area contributed by atoms with Crippen molar-refractivity contribution < 1.29 is 0 Å². The van der Waals surface area contributed by atoms with Gasteiger partial charge in [0.15, 0.2) is 0 Å². The molecule has 1 atom stereocenters. The molecule has 1 saturated heterocycles. The van der Waals surface area contributed by atoms with Crippen LogP contribution < -0.4 is 0 Å². The normalized spacial score (nSPS) is 33.5. The first-order valence-corrected chi connectivity index (χ1v) is 6.66. The van der Waals surface area contributed by atoms with Crippen molar-refractivity contribution in [1.82, 2.24) is 4.90 Å². The molecule has 0 aromatic rings. The first-order chi connectivity index (χ1) is 6.36. The van der Waals surface area contributed by atoms with E-state index in [1.54, 1.807) is 0 Å². The van der Waals surface area contributed by atoms with Crippen molar-refractivity contribution in [3.05, 3.63) is 0 Å². The summed E-state index contributed by atoms with van der Waals surface area (Å²) >= 11 is 3.75. The van der Waals surface area contributed by atoms with E-state index >= 15 is 0 Å². The Balaban J connectivity index is 1.83. The zero-order valence-electron chi connectivity index (χ0n) is 8.34. The summed E-state index contributed by atoms with van der Waals surface area (Å²) in [7, 11) is 0. The highest BCUT2D eigenvalue weighted by Crippen LogP contribution is 2.26. The topological polar surface area (TPSA) is 3.24 Å². The van der Waals surface area contributed by atoms with Gasteiger partial charge in [-0.1, -0.05) is 35.2 Å². The monoisotopic (exact) mass is 245 g/mol. The van der Waals surface area contributed by atoms with Gasteiger partial charge in [-0.2, -0.15) is 0 Å². The van der Waals surface area contributed by atoms with Gasteiger partial charge in [-0.05, 0) is 32.2 Å². The largest absolute Gasteiger partial charge is 0.299 e. The molecule has 1 unspecified atom stereocenters. The predicted molar refractivity (Wildman–Crippen MR) is 60.4 cm³/mol. The third-order valence-corrected chi connectivity index (χ3v) is 4.23. The minimum atomic E-state index is 0.767. The van der Waals surface area contributed by atoms with Crippen molar-refractivity contribution in [3.63, 3.8) is 0 Å². The van der Waals surface area contributed by atoms with E-state index in [-0.39, 0.29) is 0 Å². The van der Waals surface area contributed by atoms with E-state index in [2.05, 4.69) is 20.8 Å². The van der Waals surface area contributed by atoms with Crippen LogP contribution in [-0.2, 0) is 0 Å². The molecule has 2 aliphatic rings. The molecule has 1 aliphatic carbocycles. The summed E-state index contributed by atoms with van der Waals surface area (Å²) in [6.07, 6.45) is 10.1. The molecule has 1 aliphatic heterocycles. The van der Waals surface area contributed by atoms with Gasteiger partial charge >= 0.3 is 0 Å². The molecule has 0 spiro atoms. The number of likely N-dealkylation sites (tertiary alicyclic amines) is 1. The fraction of sp³-hybridized carbons (Fsp3) is 1.00. The van der Waals surface area contributed by atoms with Crippen molar-refractivity contribution in [1.29, 1.82) is 0 Å². The maximum Gasteiger partial charge on any atom is 0.0273 e. The maximum absolute atomic E-state index is 3.75. The number of piperidine rings is 1. The number of hydrogen-bond acceptors (Lipinski definition) is 1. The molecule has 2 rings (SSSR count). The second kappa shape index (κ2) is 4.79. The first kappa shape index (κ1) is 9.97. The molecule has 2 heteroatoms. The third kappa shape index (κ3) is 2.69. The van der Waals surface area contributed by atoms with Crippen LogP contribution in [0, 0.1) is 0 Å². The molecule has 0 N–H and O–H groups in total. The number of alkyl halides is 1. The van der Waals surface area contributed by atoms with E-state index in [0.717, 1.165) is 10.9 Å². The van der Waals surface area contributed by atoms with Crippen LogP contribution in [0.5, 0.6) is 0 Å². The quantitative estimate of drug-likeness (QED) is 0.642. The SMILES string of the molecule is BrC1CCCN(C2CCCCC2)C1. The van der Waals surface area contributed by atoms with Crippen LogP contribution >= 0.6 is 15.9 Å². The third-order valence-electron chi connectivity index (χ3n) is 3.49. The Bertz CT molecular complexity index is 154. The molecule has 1 heterocycles. The number of nitrogens with zero attached hydrogens (tertiary/aromatic N) is 1. The van der Waals surface area contributed by atoms with Crippen molar-refractivity contribution in [2.45, 2.75) is 55.8 Å². The van der Waals surface area contributed by atoms with Gasteiger partial charge in [-0.15, -0.1) is 0 Å². The number of halogens is 1. The Hall–Kier alpha value is 0.440. The molecule has 0 aromatic heterocycles. The van der Waals surface area contributed by atoms with Gasteiger partial charge in [0.25, 0.3) is 0 Å². The molecular formula is C11H20BrN. The summed E-state index contributed by atoms with van der Waals surface area (Å²) in [5, 5.41) is 0. The van der Waals surface area contributed by atoms with Gasteiger partial charge in [-0.25, -0.2) is 0 Å². The fourth-order valence-corrected chi connectivity index (χ4v) is 3.43. The van der Waals surface area contributed by atoms with E-state index in [9.17, 15) is 0 Å². The summed E-state index contributed by atoms with van der Waals surface area (Å²) in [5.74, 6) is 0. The van der Waals surface area contributed by atoms with Crippen molar-refractivity contribution >= 4 is 15.9 Å². The van der Waals surface area contributed by atoms with Gasteiger partial charge in [0.05, 0.1) is 0 Å². The Labute approximate surface area is 90.0 Å². The summed E-state index contributed by atoms with van der Waals surface area (Å²) in [5.41, 5.74) is 0. The lowest BCUT2D eigenvalue weighted by Crippen LogP contribution is -2.43. The summed E-state index contributed by atoms with van der Waals surface area (Å²) in [4.78, 5) is 3.49. The smallest absolute Gasteiger partial charge is 0.0273 e. The second-order valence-electron chi connectivity index (χ2n) is 4.53. The van der Waals surface area contributed by atoms with Gasteiger partial charge in [0.1, 0.15) is 0 Å². The van der Waals surface area contributed by atoms with E-state index in [0.29, 0.717) is 0 Å². The predicted octanol–water partition coefficient (Wildman–Crippen LogP) is 3.18. The lowest BCUT2D eigenvalue weighted by atomic mass is 9.93. The molecular weight excluding hydrogens is 226 g/mol. The molecule has 0 bridgehead atoms. The van der Waals surface area contributed by atoms with Crippen LogP contribution in [-0.4, -0.2) is 28.9 Å². The molecule has 76 valence electrons. The highest BCUT2D eigenvalue weighted by molar-refractivity contribution is 9.09. The van der Waals surface area contributed by atoms with Gasteiger partial charge in [0.2, 0.25) is 0 Å². The molecule has 1 nitrogen and oxygen atoms in total. The zero-order chi connectivity index (χ0) is 9.10. The standard InChI is InChI=1S/C11H20BrN/c12-10-5-4-8-13(9-10)11-6-2-1-3-7-11/h10-11H,1-9H2. The summed E-state index contributed by atoms with van der Waals surface area (Å²) in [6, 6.07) is 0.925. The lowest BCUT2D eigenvalue weighted by molar-refractivity contribution is 0.135. The van der Waals surface area contributed by atoms with Crippen LogP contribution in [0.15, 0.2) is 0 Å². The summed E-state index contributed by atoms with van der Waals surface area (Å²) in [6.45, 7) is 2.65. The Kier molecular flexibility index (Phi) is 3.67. The number of hydrogen-bond donors (Lipinski definition) is 0. The van der Waals surface area contributed by atoms with Crippen LogP contribution in [0.4, 0.5) is 0 Å². The molecule has 0 radical (unpaired) electrons. The van der Waals surface area contributed by atoms with E-state index in [1.165, 1.54) is 58.0 Å². The number of rotatable bonds is 1. The lowest BCUT2D eigenvalue weighted by Gasteiger charge is -2.38. The van der Waals surface area contributed by atoms with Crippen molar-refractivity contribution in [2.24, 2.45) is 0 Å². The molecule has 13 heavy (non-hydrogen) atoms.